The minimum atomic E-state index is -0.251. The minimum Gasteiger partial charge on any atom is -0.321 e. The Morgan fingerprint density at radius 2 is 1.88 bits per heavy atom. The van der Waals surface area contributed by atoms with Gasteiger partial charge >= 0.3 is 0 Å². The van der Waals surface area contributed by atoms with Crippen LogP contribution in [0.25, 0.3) is 0 Å². The van der Waals surface area contributed by atoms with E-state index >= 15 is 0 Å². The van der Waals surface area contributed by atoms with Crippen molar-refractivity contribution in [2.24, 2.45) is 5.73 Å². The molecule has 1 aliphatic rings. The molecule has 88 valence electrons. The first-order valence-electron chi connectivity index (χ1n) is 5.78. The van der Waals surface area contributed by atoms with Crippen LogP contribution in [0.3, 0.4) is 0 Å². The Bertz CT molecular complexity index is 397. The van der Waals surface area contributed by atoms with Crippen LogP contribution in [0.4, 0.5) is 4.39 Å². The van der Waals surface area contributed by atoms with Crippen molar-refractivity contribution in [1.82, 2.24) is 0 Å². The van der Waals surface area contributed by atoms with E-state index in [2.05, 4.69) is 15.9 Å². The van der Waals surface area contributed by atoms with Gasteiger partial charge in [0.2, 0.25) is 0 Å². The van der Waals surface area contributed by atoms with E-state index in [4.69, 9.17) is 5.73 Å². The average Bonchev–Trinajstić information content (AvgIpc) is 2.24. The molecule has 1 nitrogen and oxygen atoms in total. The van der Waals surface area contributed by atoms with Gasteiger partial charge in [-0.1, -0.05) is 19.3 Å². The molecule has 0 heterocycles. The molecule has 0 spiro atoms. The van der Waals surface area contributed by atoms with E-state index in [1.807, 2.05) is 13.0 Å². The van der Waals surface area contributed by atoms with Gasteiger partial charge in [0.25, 0.3) is 0 Å². The Morgan fingerprint density at radius 3 is 2.50 bits per heavy atom. The Balaban J connectivity index is 2.42. The summed E-state index contributed by atoms with van der Waals surface area (Å²) in [6, 6.07) is 3.43. The molecular weight excluding hydrogens is 269 g/mol. The molecule has 2 rings (SSSR count). The van der Waals surface area contributed by atoms with Crippen LogP contribution in [-0.2, 0) is 5.54 Å². The lowest BCUT2D eigenvalue weighted by atomic mass is 9.76. The molecule has 0 saturated heterocycles. The van der Waals surface area contributed by atoms with E-state index in [1.165, 1.54) is 19.3 Å². The predicted molar refractivity (Wildman–Crippen MR) is 67.8 cm³/mol. The number of aryl methyl sites for hydroxylation is 1. The zero-order valence-corrected chi connectivity index (χ0v) is 11.1. The molecule has 0 atom stereocenters. The highest BCUT2D eigenvalue weighted by molar-refractivity contribution is 9.10. The Hall–Kier alpha value is -0.410. The van der Waals surface area contributed by atoms with E-state index in [-0.39, 0.29) is 11.4 Å². The lowest BCUT2D eigenvalue weighted by Crippen LogP contribution is -2.39. The summed E-state index contributed by atoms with van der Waals surface area (Å²) in [5.41, 5.74) is 8.27. The number of benzene rings is 1. The van der Waals surface area contributed by atoms with Gasteiger partial charge < -0.3 is 5.73 Å². The molecule has 0 aromatic heterocycles. The summed E-state index contributed by atoms with van der Waals surface area (Å²) >= 11 is 3.24. The van der Waals surface area contributed by atoms with E-state index in [0.29, 0.717) is 4.47 Å². The third kappa shape index (κ3) is 2.16. The van der Waals surface area contributed by atoms with Gasteiger partial charge in [-0.15, -0.1) is 0 Å². The van der Waals surface area contributed by atoms with Gasteiger partial charge in [-0.05, 0) is 59.0 Å². The summed E-state index contributed by atoms with van der Waals surface area (Å²) in [4.78, 5) is 0. The molecule has 1 fully saturated rings. The molecule has 1 aromatic rings. The number of nitrogens with two attached hydrogens (primary N) is 1. The first-order valence-corrected chi connectivity index (χ1v) is 6.57. The lowest BCUT2D eigenvalue weighted by molar-refractivity contribution is 0.300. The molecule has 16 heavy (non-hydrogen) atoms. The molecule has 2 N–H and O–H groups in total. The zero-order valence-electron chi connectivity index (χ0n) is 9.52. The van der Waals surface area contributed by atoms with Crippen LogP contribution in [-0.4, -0.2) is 0 Å². The van der Waals surface area contributed by atoms with Crippen molar-refractivity contribution < 1.29 is 4.39 Å². The van der Waals surface area contributed by atoms with Gasteiger partial charge in [0.15, 0.2) is 0 Å². The zero-order chi connectivity index (χ0) is 11.8. The fraction of sp³-hybridized carbons (Fsp3) is 0.538. The fourth-order valence-corrected chi connectivity index (χ4v) is 2.98. The Kier molecular flexibility index (Phi) is 3.36. The summed E-state index contributed by atoms with van der Waals surface area (Å²) < 4.78 is 13.9. The number of hydrogen-bond acceptors (Lipinski definition) is 1. The second-order valence-corrected chi connectivity index (χ2v) is 5.65. The van der Waals surface area contributed by atoms with Crippen LogP contribution >= 0.6 is 15.9 Å². The van der Waals surface area contributed by atoms with E-state index in [1.54, 1.807) is 6.07 Å². The number of hydrogen-bond donors (Lipinski definition) is 1. The molecule has 0 amide bonds. The highest BCUT2D eigenvalue weighted by Gasteiger charge is 2.31. The van der Waals surface area contributed by atoms with Crippen molar-refractivity contribution in [3.8, 4) is 0 Å². The third-order valence-corrected chi connectivity index (χ3v) is 4.16. The highest BCUT2D eigenvalue weighted by atomic mass is 79.9. The summed E-state index contributed by atoms with van der Waals surface area (Å²) in [5, 5.41) is 0. The smallest absolute Gasteiger partial charge is 0.137 e. The third-order valence-electron chi connectivity index (χ3n) is 3.55. The molecule has 0 radical (unpaired) electrons. The molecule has 0 unspecified atom stereocenters. The number of halogens is 2. The van der Waals surface area contributed by atoms with E-state index in [0.717, 1.165) is 24.0 Å². The van der Waals surface area contributed by atoms with Crippen molar-refractivity contribution in [3.05, 3.63) is 33.5 Å². The number of rotatable bonds is 1. The SMILES string of the molecule is Cc1cc(F)c(Br)cc1C1(N)CCCCC1. The van der Waals surface area contributed by atoms with Gasteiger partial charge in [-0.2, -0.15) is 0 Å². The Labute approximate surface area is 104 Å². The first-order chi connectivity index (χ1) is 7.53. The maximum absolute atomic E-state index is 13.4. The topological polar surface area (TPSA) is 26.0 Å². The molecule has 1 aromatic carbocycles. The minimum absolute atomic E-state index is 0.208. The van der Waals surface area contributed by atoms with Crippen molar-refractivity contribution >= 4 is 15.9 Å². The van der Waals surface area contributed by atoms with E-state index in [9.17, 15) is 4.39 Å². The molecule has 0 aliphatic heterocycles. The summed E-state index contributed by atoms with van der Waals surface area (Å²) in [6.07, 6.45) is 5.62. The van der Waals surface area contributed by atoms with Gasteiger partial charge in [-0.25, -0.2) is 4.39 Å². The molecule has 3 heteroatoms. The summed E-state index contributed by atoms with van der Waals surface area (Å²) in [5.74, 6) is -0.208. The predicted octanol–water partition coefficient (Wildman–Crippen LogP) is 4.01. The van der Waals surface area contributed by atoms with Gasteiger partial charge in [-0.3, -0.25) is 0 Å². The van der Waals surface area contributed by atoms with Crippen LogP contribution in [0, 0.1) is 12.7 Å². The average molecular weight is 286 g/mol. The second-order valence-electron chi connectivity index (χ2n) is 4.80. The largest absolute Gasteiger partial charge is 0.321 e. The van der Waals surface area contributed by atoms with Crippen molar-refractivity contribution in [3.63, 3.8) is 0 Å². The standard InChI is InChI=1S/C13H17BrFN/c1-9-7-12(15)11(14)8-10(9)13(16)5-3-2-4-6-13/h7-8H,2-6,16H2,1H3. The van der Waals surface area contributed by atoms with Crippen molar-refractivity contribution in [1.29, 1.82) is 0 Å². The lowest BCUT2D eigenvalue weighted by Gasteiger charge is -2.35. The molecule has 1 saturated carbocycles. The molecule has 1 aliphatic carbocycles. The molecule has 0 bridgehead atoms. The van der Waals surface area contributed by atoms with Gasteiger partial charge in [0.1, 0.15) is 5.82 Å². The summed E-state index contributed by atoms with van der Waals surface area (Å²) in [7, 11) is 0. The fourth-order valence-electron chi connectivity index (χ4n) is 2.63. The van der Waals surface area contributed by atoms with Crippen molar-refractivity contribution in [2.45, 2.75) is 44.6 Å². The summed E-state index contributed by atoms with van der Waals surface area (Å²) in [6.45, 7) is 1.94. The monoisotopic (exact) mass is 285 g/mol. The van der Waals surface area contributed by atoms with Gasteiger partial charge in [0.05, 0.1) is 4.47 Å². The quantitative estimate of drug-likeness (QED) is 0.829. The normalized spacial score (nSPS) is 19.8. The van der Waals surface area contributed by atoms with Crippen LogP contribution in [0.1, 0.15) is 43.2 Å². The maximum atomic E-state index is 13.4. The van der Waals surface area contributed by atoms with Crippen LogP contribution < -0.4 is 5.73 Å². The molecular formula is C13H17BrFN. The van der Waals surface area contributed by atoms with Gasteiger partial charge in [0, 0.05) is 5.54 Å². The second kappa shape index (κ2) is 4.46. The van der Waals surface area contributed by atoms with E-state index < -0.39 is 0 Å². The highest BCUT2D eigenvalue weighted by Crippen LogP contribution is 2.37. The maximum Gasteiger partial charge on any atom is 0.137 e. The van der Waals surface area contributed by atoms with Crippen LogP contribution in [0.2, 0.25) is 0 Å². The van der Waals surface area contributed by atoms with Crippen LogP contribution in [0.5, 0.6) is 0 Å². The van der Waals surface area contributed by atoms with Crippen LogP contribution in [0.15, 0.2) is 16.6 Å². The Morgan fingerprint density at radius 1 is 1.25 bits per heavy atom. The first kappa shape index (κ1) is 12.1. The van der Waals surface area contributed by atoms with Crippen molar-refractivity contribution in [2.75, 3.05) is 0 Å².